The van der Waals surface area contributed by atoms with Crippen molar-refractivity contribution >= 4 is 34.9 Å². The standard InChI is InChI=1S/CH2O4S.Li.H/c2-1(3)6(4)5;;/h6H,(H,2,3);;. The first-order valence-corrected chi connectivity index (χ1v) is 2.19. The van der Waals surface area contributed by atoms with Crippen LogP contribution in [-0.4, -0.2) is 37.7 Å². The third kappa shape index (κ3) is 6.02. The summed E-state index contributed by atoms with van der Waals surface area (Å²) < 4.78 is 18.3. The van der Waals surface area contributed by atoms with Gasteiger partial charge in [-0.05, 0) is 0 Å². The number of hydrogen-bond donors (Lipinski definition) is 2. The van der Waals surface area contributed by atoms with E-state index in [1.807, 2.05) is 0 Å². The van der Waals surface area contributed by atoms with E-state index in [1.165, 1.54) is 0 Å². The molecule has 6 heteroatoms. The summed E-state index contributed by atoms with van der Waals surface area (Å²) in [6, 6.07) is 0. The first kappa shape index (κ1) is 10.1. The Morgan fingerprint density at radius 3 is 1.57 bits per heavy atom. The average molecular weight is 118 g/mol. The van der Waals surface area contributed by atoms with Gasteiger partial charge in [-0.2, -0.15) is 0 Å². The summed E-state index contributed by atoms with van der Waals surface area (Å²) >= 11 is 0. The number of hydrogen-bond acceptors (Lipinski definition) is 3. The molecule has 0 spiro atoms. The van der Waals surface area contributed by atoms with Crippen LogP contribution in [0.3, 0.4) is 0 Å². The molecule has 0 aromatic heterocycles. The van der Waals surface area contributed by atoms with E-state index in [4.69, 9.17) is 18.3 Å². The minimum absolute atomic E-state index is 0. The molecule has 38 valence electrons. The Kier molecular flexibility index (Phi) is 6.03. The second-order valence-corrected chi connectivity index (χ2v) is 1.44. The normalized spacial score (nSPS) is 7.57. The maximum absolute atomic E-state index is 9.14. The quantitative estimate of drug-likeness (QED) is 0.304. The van der Waals surface area contributed by atoms with Gasteiger partial charge in [-0.25, -0.2) is 13.2 Å². The Balaban J connectivity index is 0. The predicted molar refractivity (Wildman–Crippen MR) is 25.5 cm³/mol. The SMILES string of the molecule is O=C(O)[SH](=O)=O.[LiH]. The molecule has 7 heavy (non-hydrogen) atoms. The number of carboxylic acid groups (broad SMARTS) is 1. The first-order chi connectivity index (χ1) is 2.64. The van der Waals surface area contributed by atoms with E-state index < -0.39 is 16.0 Å². The molecule has 0 bridgehead atoms. The van der Waals surface area contributed by atoms with Crippen LogP contribution in [0.25, 0.3) is 0 Å². The molecule has 0 aliphatic carbocycles. The molecule has 0 aliphatic heterocycles. The van der Waals surface area contributed by atoms with Gasteiger partial charge in [0, 0.05) is 0 Å². The Hall–Kier alpha value is 0.0174. The van der Waals surface area contributed by atoms with Gasteiger partial charge in [-0.15, -0.1) is 0 Å². The fourth-order valence-electron chi connectivity index (χ4n) is 0. The molecule has 0 atom stereocenters. The third-order valence-corrected chi connectivity index (χ3v) is 0.469. The van der Waals surface area contributed by atoms with Crippen LogP contribution in [0.15, 0.2) is 0 Å². The second kappa shape index (κ2) is 4.18. The summed E-state index contributed by atoms with van der Waals surface area (Å²) in [6.07, 6.45) is 0. The van der Waals surface area contributed by atoms with E-state index in [1.54, 1.807) is 0 Å². The summed E-state index contributed by atoms with van der Waals surface area (Å²) in [5.74, 6) is 0. The van der Waals surface area contributed by atoms with Crippen molar-refractivity contribution in [3.05, 3.63) is 0 Å². The van der Waals surface area contributed by atoms with Crippen LogP contribution in [-0.2, 0) is 10.7 Å². The van der Waals surface area contributed by atoms with Crippen molar-refractivity contribution in [2.45, 2.75) is 0 Å². The van der Waals surface area contributed by atoms with E-state index in [0.717, 1.165) is 0 Å². The zero-order chi connectivity index (χ0) is 5.15. The summed E-state index contributed by atoms with van der Waals surface area (Å²) in [5, 5.41) is 5.61. The number of thiol groups is 1. The van der Waals surface area contributed by atoms with Crippen molar-refractivity contribution < 1.29 is 18.3 Å². The first-order valence-electron chi connectivity index (χ1n) is 1.02. The molecule has 0 fully saturated rings. The maximum atomic E-state index is 9.14. The molecule has 1 N–H and O–H groups in total. The van der Waals surface area contributed by atoms with Crippen molar-refractivity contribution in [2.24, 2.45) is 0 Å². The van der Waals surface area contributed by atoms with Crippen molar-refractivity contribution in [2.75, 3.05) is 0 Å². The summed E-state index contributed by atoms with van der Waals surface area (Å²) in [5.41, 5.74) is 0. The van der Waals surface area contributed by atoms with Crippen LogP contribution in [0, 0.1) is 0 Å². The van der Waals surface area contributed by atoms with Crippen molar-refractivity contribution in [1.29, 1.82) is 0 Å². The Morgan fingerprint density at radius 2 is 1.57 bits per heavy atom. The van der Waals surface area contributed by atoms with Gasteiger partial charge in [-0.1, -0.05) is 0 Å². The molecule has 0 aliphatic rings. The molecule has 0 aromatic carbocycles. The van der Waals surface area contributed by atoms with E-state index in [-0.39, 0.29) is 18.9 Å². The number of rotatable bonds is 0. The molecule has 0 unspecified atom stereocenters. The molecule has 0 aromatic rings. The molecular weight excluding hydrogens is 115 g/mol. The van der Waals surface area contributed by atoms with Crippen molar-refractivity contribution in [3.63, 3.8) is 0 Å². The molecule has 0 radical (unpaired) electrons. The summed E-state index contributed by atoms with van der Waals surface area (Å²) in [7, 11) is -3.24. The van der Waals surface area contributed by atoms with Crippen LogP contribution < -0.4 is 0 Å². The van der Waals surface area contributed by atoms with Gasteiger partial charge in [0.25, 0.3) is 0 Å². The van der Waals surface area contributed by atoms with Crippen LogP contribution in [0.4, 0.5) is 4.79 Å². The molecule has 4 nitrogen and oxygen atoms in total. The zero-order valence-corrected chi connectivity index (χ0v) is 3.51. The summed E-state index contributed by atoms with van der Waals surface area (Å²) in [4.78, 5) is 9.10. The van der Waals surface area contributed by atoms with Crippen molar-refractivity contribution in [3.8, 4) is 0 Å². The second-order valence-electron chi connectivity index (χ2n) is 0.540. The van der Waals surface area contributed by atoms with Gasteiger partial charge in [0.05, 0.1) is 0 Å². The fourth-order valence-corrected chi connectivity index (χ4v) is 0. The molecule has 0 saturated heterocycles. The Bertz CT molecular complexity index is 118. The van der Waals surface area contributed by atoms with Crippen LogP contribution in [0.2, 0.25) is 0 Å². The van der Waals surface area contributed by atoms with Gasteiger partial charge in [0.1, 0.15) is 0 Å². The van der Waals surface area contributed by atoms with Gasteiger partial charge in [0.2, 0.25) is 10.7 Å². The van der Waals surface area contributed by atoms with Gasteiger partial charge >= 0.3 is 24.2 Å². The average Bonchev–Trinajstić information content (AvgIpc) is 1.36. The van der Waals surface area contributed by atoms with E-state index in [0.29, 0.717) is 0 Å². The third-order valence-electron chi connectivity index (χ3n) is 0.156. The predicted octanol–water partition coefficient (Wildman–Crippen LogP) is -1.37. The van der Waals surface area contributed by atoms with Gasteiger partial charge in [-0.3, -0.25) is 0 Å². The van der Waals surface area contributed by atoms with E-state index >= 15 is 0 Å². The topological polar surface area (TPSA) is 71.4 Å². The van der Waals surface area contributed by atoms with E-state index in [9.17, 15) is 0 Å². The molecule has 0 heterocycles. The monoisotopic (exact) mass is 118 g/mol. The van der Waals surface area contributed by atoms with Gasteiger partial charge in [0.15, 0.2) is 0 Å². The molecule has 0 amide bonds. The number of carbonyl (C=O) groups is 1. The fraction of sp³-hybridized carbons (Fsp3) is 0. The molecule has 0 rings (SSSR count). The van der Waals surface area contributed by atoms with Crippen LogP contribution in [0.1, 0.15) is 0 Å². The van der Waals surface area contributed by atoms with Crippen LogP contribution >= 0.6 is 0 Å². The molecule has 0 saturated carbocycles. The van der Waals surface area contributed by atoms with Gasteiger partial charge < -0.3 is 5.11 Å². The van der Waals surface area contributed by atoms with E-state index in [2.05, 4.69) is 0 Å². The summed E-state index contributed by atoms with van der Waals surface area (Å²) in [6.45, 7) is 0. The Labute approximate surface area is 53.6 Å². The van der Waals surface area contributed by atoms with Crippen LogP contribution in [0.5, 0.6) is 0 Å². The zero-order valence-electron chi connectivity index (χ0n) is 2.62. The molecular formula is CH3LiO4S. The van der Waals surface area contributed by atoms with Crippen molar-refractivity contribution in [1.82, 2.24) is 0 Å². The minimum atomic E-state index is -3.24. The Morgan fingerprint density at radius 1 is 1.43 bits per heavy atom.